The molecule has 1 aliphatic carbocycles. The van der Waals surface area contributed by atoms with Gasteiger partial charge in [0.1, 0.15) is 12.1 Å². The van der Waals surface area contributed by atoms with Crippen molar-refractivity contribution in [2.45, 2.75) is 51.7 Å². The first kappa shape index (κ1) is 20.2. The fourth-order valence-electron chi connectivity index (χ4n) is 4.06. The van der Waals surface area contributed by atoms with Gasteiger partial charge in [0.05, 0.1) is 0 Å². The standard InChI is InChI=1S/C25H28N2O3/c1-16(2)24(28)27-23(14-19-15-26-22-10-6-5-9-21(19)22)25(29)30-20-12-11-17-7-3-4-8-18(17)13-20/h3-10,15-16,20,23,26H,11-14H2,1-2H3,(H,27,28). The van der Waals surface area contributed by atoms with E-state index in [0.29, 0.717) is 6.42 Å². The van der Waals surface area contributed by atoms with Gasteiger partial charge >= 0.3 is 5.97 Å². The van der Waals surface area contributed by atoms with Crippen molar-refractivity contribution in [2.24, 2.45) is 5.92 Å². The van der Waals surface area contributed by atoms with Crippen LogP contribution in [0.5, 0.6) is 0 Å². The van der Waals surface area contributed by atoms with E-state index in [4.69, 9.17) is 4.74 Å². The van der Waals surface area contributed by atoms with Crippen LogP contribution in [-0.2, 0) is 33.6 Å². The van der Waals surface area contributed by atoms with E-state index in [0.717, 1.165) is 35.7 Å². The Hall–Kier alpha value is -3.08. The molecule has 2 N–H and O–H groups in total. The maximum Gasteiger partial charge on any atom is 0.329 e. The zero-order chi connectivity index (χ0) is 21.1. The SMILES string of the molecule is CC(C)C(=O)NC(Cc1c[nH]c2ccccc12)C(=O)OC1CCc2ccccc2C1. The molecule has 1 aromatic heterocycles. The van der Waals surface area contributed by atoms with Gasteiger partial charge in [-0.3, -0.25) is 4.79 Å². The third-order valence-corrected chi connectivity index (χ3v) is 5.81. The number of ether oxygens (including phenoxy) is 1. The maximum atomic E-state index is 13.1. The molecule has 3 aromatic rings. The van der Waals surface area contributed by atoms with Gasteiger partial charge in [0.25, 0.3) is 0 Å². The fourth-order valence-corrected chi connectivity index (χ4v) is 4.06. The van der Waals surface area contributed by atoms with Gasteiger partial charge in [-0.1, -0.05) is 56.3 Å². The van der Waals surface area contributed by atoms with Crippen LogP contribution >= 0.6 is 0 Å². The number of aromatic nitrogens is 1. The molecule has 5 heteroatoms. The lowest BCUT2D eigenvalue weighted by molar-refractivity contribution is -0.153. The summed E-state index contributed by atoms with van der Waals surface area (Å²) in [5.41, 5.74) is 4.57. The van der Waals surface area contributed by atoms with Crippen molar-refractivity contribution in [1.29, 1.82) is 0 Å². The van der Waals surface area contributed by atoms with E-state index in [-0.39, 0.29) is 23.9 Å². The monoisotopic (exact) mass is 404 g/mol. The predicted molar refractivity (Wildman–Crippen MR) is 117 cm³/mol. The van der Waals surface area contributed by atoms with Crippen LogP contribution in [0.2, 0.25) is 0 Å². The first-order valence-electron chi connectivity index (χ1n) is 10.6. The molecule has 156 valence electrons. The first-order chi connectivity index (χ1) is 14.5. The van der Waals surface area contributed by atoms with E-state index >= 15 is 0 Å². The molecule has 2 atom stereocenters. The Balaban J connectivity index is 1.50. The zero-order valence-electron chi connectivity index (χ0n) is 17.5. The Labute approximate surface area is 176 Å². The Morgan fingerprint density at radius 3 is 2.63 bits per heavy atom. The predicted octanol–water partition coefficient (Wildman–Crippen LogP) is 3.95. The number of hydrogen-bond acceptors (Lipinski definition) is 3. The van der Waals surface area contributed by atoms with Crippen LogP contribution in [0.1, 0.15) is 37.0 Å². The van der Waals surface area contributed by atoms with Gasteiger partial charge in [0.15, 0.2) is 0 Å². The number of carbonyl (C=O) groups is 2. The molecule has 0 saturated carbocycles. The number of aryl methyl sites for hydroxylation is 1. The highest BCUT2D eigenvalue weighted by molar-refractivity contribution is 5.88. The van der Waals surface area contributed by atoms with Crippen LogP contribution < -0.4 is 5.32 Å². The molecule has 0 radical (unpaired) electrons. The summed E-state index contributed by atoms with van der Waals surface area (Å²) in [6.07, 6.45) is 4.57. The van der Waals surface area contributed by atoms with Gasteiger partial charge in [-0.05, 0) is 35.6 Å². The normalized spacial score (nSPS) is 16.8. The van der Waals surface area contributed by atoms with Gasteiger partial charge in [-0.25, -0.2) is 4.79 Å². The summed E-state index contributed by atoms with van der Waals surface area (Å²) in [5, 5.41) is 3.96. The maximum absolute atomic E-state index is 13.1. The minimum atomic E-state index is -0.712. The molecular weight excluding hydrogens is 376 g/mol. The van der Waals surface area contributed by atoms with Crippen molar-refractivity contribution in [3.8, 4) is 0 Å². The number of esters is 1. The second-order valence-corrected chi connectivity index (χ2v) is 8.35. The quantitative estimate of drug-likeness (QED) is 0.611. The number of carbonyl (C=O) groups excluding carboxylic acids is 2. The number of para-hydroxylation sites is 1. The first-order valence-corrected chi connectivity index (χ1v) is 10.6. The smallest absolute Gasteiger partial charge is 0.329 e. The highest BCUT2D eigenvalue weighted by Crippen LogP contribution is 2.24. The molecule has 2 aromatic carbocycles. The lowest BCUT2D eigenvalue weighted by Crippen LogP contribution is -2.46. The molecule has 1 heterocycles. The molecule has 0 aliphatic heterocycles. The summed E-state index contributed by atoms with van der Waals surface area (Å²) in [6, 6.07) is 15.5. The fraction of sp³-hybridized carbons (Fsp3) is 0.360. The summed E-state index contributed by atoms with van der Waals surface area (Å²) >= 11 is 0. The minimum Gasteiger partial charge on any atom is -0.460 e. The van der Waals surface area contributed by atoms with Crippen molar-refractivity contribution in [2.75, 3.05) is 0 Å². The van der Waals surface area contributed by atoms with E-state index in [9.17, 15) is 9.59 Å². The lowest BCUT2D eigenvalue weighted by Gasteiger charge is -2.27. The van der Waals surface area contributed by atoms with Gasteiger partial charge in [0, 0.05) is 35.9 Å². The van der Waals surface area contributed by atoms with Crippen molar-refractivity contribution in [1.82, 2.24) is 10.3 Å². The number of aromatic amines is 1. The minimum absolute atomic E-state index is 0.147. The Morgan fingerprint density at radius 2 is 1.83 bits per heavy atom. The van der Waals surface area contributed by atoms with Crippen molar-refractivity contribution < 1.29 is 14.3 Å². The van der Waals surface area contributed by atoms with E-state index in [1.807, 2.05) is 56.4 Å². The van der Waals surface area contributed by atoms with Gasteiger partial charge < -0.3 is 15.0 Å². The summed E-state index contributed by atoms with van der Waals surface area (Å²) in [6.45, 7) is 3.64. The molecule has 30 heavy (non-hydrogen) atoms. The second kappa shape index (κ2) is 8.74. The molecule has 1 amide bonds. The Morgan fingerprint density at radius 1 is 1.10 bits per heavy atom. The Kier molecular flexibility index (Phi) is 5.88. The molecule has 1 aliphatic rings. The van der Waals surface area contributed by atoms with E-state index in [1.54, 1.807) is 0 Å². The molecule has 2 unspecified atom stereocenters. The van der Waals surface area contributed by atoms with Gasteiger partial charge in [-0.2, -0.15) is 0 Å². The Bertz CT molecular complexity index is 1050. The number of rotatable bonds is 6. The average Bonchev–Trinajstić information content (AvgIpc) is 3.16. The van der Waals surface area contributed by atoms with Crippen LogP contribution in [-0.4, -0.2) is 29.0 Å². The van der Waals surface area contributed by atoms with Crippen LogP contribution in [0.4, 0.5) is 0 Å². The van der Waals surface area contributed by atoms with Crippen LogP contribution in [0, 0.1) is 5.92 Å². The largest absolute Gasteiger partial charge is 0.460 e. The molecule has 5 nitrogen and oxygen atoms in total. The molecule has 4 rings (SSSR count). The summed E-state index contributed by atoms with van der Waals surface area (Å²) in [7, 11) is 0. The van der Waals surface area contributed by atoms with Crippen LogP contribution in [0.25, 0.3) is 10.9 Å². The summed E-state index contributed by atoms with van der Waals surface area (Å²) in [4.78, 5) is 28.7. The molecule has 0 fully saturated rings. The zero-order valence-corrected chi connectivity index (χ0v) is 17.5. The number of fused-ring (bicyclic) bond motifs is 2. The third kappa shape index (κ3) is 4.40. The van der Waals surface area contributed by atoms with E-state index < -0.39 is 6.04 Å². The number of H-pyrrole nitrogens is 1. The highest BCUT2D eigenvalue weighted by atomic mass is 16.5. The van der Waals surface area contributed by atoms with Crippen molar-refractivity contribution >= 4 is 22.8 Å². The summed E-state index contributed by atoms with van der Waals surface area (Å²) < 4.78 is 5.89. The van der Waals surface area contributed by atoms with Gasteiger partial charge in [0.2, 0.25) is 5.91 Å². The number of nitrogens with one attached hydrogen (secondary N) is 2. The van der Waals surface area contributed by atoms with Crippen LogP contribution in [0.15, 0.2) is 54.7 Å². The average molecular weight is 405 g/mol. The van der Waals surface area contributed by atoms with Gasteiger partial charge in [-0.15, -0.1) is 0 Å². The molecule has 0 bridgehead atoms. The molecular formula is C25H28N2O3. The van der Waals surface area contributed by atoms with Crippen molar-refractivity contribution in [3.05, 3.63) is 71.4 Å². The molecule has 0 saturated heterocycles. The van der Waals surface area contributed by atoms with E-state index in [2.05, 4.69) is 22.4 Å². The number of hydrogen-bond donors (Lipinski definition) is 2. The second-order valence-electron chi connectivity index (χ2n) is 8.35. The van der Waals surface area contributed by atoms with Crippen LogP contribution in [0.3, 0.4) is 0 Å². The summed E-state index contributed by atoms with van der Waals surface area (Å²) in [5.74, 6) is -0.714. The van der Waals surface area contributed by atoms with E-state index in [1.165, 1.54) is 11.1 Å². The topological polar surface area (TPSA) is 71.2 Å². The van der Waals surface area contributed by atoms with Crippen molar-refractivity contribution in [3.63, 3.8) is 0 Å². The third-order valence-electron chi connectivity index (χ3n) is 5.81. The highest BCUT2D eigenvalue weighted by Gasteiger charge is 2.29. The lowest BCUT2D eigenvalue weighted by atomic mass is 9.90. The molecule has 0 spiro atoms. The number of benzene rings is 2. The number of amides is 1.